The van der Waals surface area contributed by atoms with Crippen molar-refractivity contribution in [1.82, 2.24) is 15.5 Å². The average molecular weight is 303 g/mol. The first-order valence-electron chi connectivity index (χ1n) is 7.32. The lowest BCUT2D eigenvalue weighted by Crippen LogP contribution is -2.45. The van der Waals surface area contributed by atoms with Gasteiger partial charge in [0.25, 0.3) is 0 Å². The molecule has 0 aliphatic carbocycles. The largest absolute Gasteiger partial charge is 0.354 e. The number of nitrogens with one attached hydrogen (secondary N) is 1. The predicted molar refractivity (Wildman–Crippen MR) is 85.6 cm³/mol. The average Bonchev–Trinajstić information content (AvgIpc) is 2.55. The van der Waals surface area contributed by atoms with Crippen LogP contribution in [0.5, 0.6) is 0 Å². The fourth-order valence-electron chi connectivity index (χ4n) is 2.71. The fourth-order valence-corrected chi connectivity index (χ4v) is 2.91. The predicted octanol–water partition coefficient (Wildman–Crippen LogP) is 2.89. The summed E-state index contributed by atoms with van der Waals surface area (Å²) in [6.07, 6.45) is 4.05. The van der Waals surface area contributed by atoms with Crippen LogP contribution in [0.4, 0.5) is 5.82 Å². The summed E-state index contributed by atoms with van der Waals surface area (Å²) in [7, 11) is 0. The monoisotopic (exact) mass is 302 g/mol. The molecule has 0 unspecified atom stereocenters. The maximum Gasteiger partial charge on any atom is 0.151 e. The number of halogens is 1. The summed E-state index contributed by atoms with van der Waals surface area (Å²) in [6, 6.07) is 12.4. The molecule has 0 radical (unpaired) electrons. The van der Waals surface area contributed by atoms with Crippen LogP contribution in [0.2, 0.25) is 5.02 Å². The number of benzene rings is 1. The van der Waals surface area contributed by atoms with Crippen molar-refractivity contribution in [3.8, 4) is 0 Å². The Labute approximate surface area is 130 Å². The maximum atomic E-state index is 6.20. The number of piperidine rings is 1. The van der Waals surface area contributed by atoms with E-state index in [0.717, 1.165) is 42.5 Å². The van der Waals surface area contributed by atoms with Crippen molar-refractivity contribution in [3.63, 3.8) is 0 Å². The molecular weight excluding hydrogens is 284 g/mol. The van der Waals surface area contributed by atoms with E-state index in [9.17, 15) is 0 Å². The Morgan fingerprint density at radius 2 is 2.14 bits per heavy atom. The maximum absolute atomic E-state index is 6.20. The van der Waals surface area contributed by atoms with Gasteiger partial charge in [-0.1, -0.05) is 29.8 Å². The molecular formula is C16H19ClN4. The van der Waals surface area contributed by atoms with Gasteiger partial charge in [-0.2, -0.15) is 5.10 Å². The number of nitrogens with zero attached hydrogens (tertiary/aromatic N) is 3. The highest BCUT2D eigenvalue weighted by molar-refractivity contribution is 6.31. The topological polar surface area (TPSA) is 41.0 Å². The second-order valence-corrected chi connectivity index (χ2v) is 5.75. The van der Waals surface area contributed by atoms with Gasteiger partial charge in [0.1, 0.15) is 0 Å². The lowest BCUT2D eigenvalue weighted by Gasteiger charge is -2.33. The number of anilines is 1. The van der Waals surface area contributed by atoms with Gasteiger partial charge in [-0.3, -0.25) is 0 Å². The summed E-state index contributed by atoms with van der Waals surface area (Å²) < 4.78 is 0. The van der Waals surface area contributed by atoms with Crippen molar-refractivity contribution in [2.75, 3.05) is 18.0 Å². The molecule has 0 bridgehead atoms. The van der Waals surface area contributed by atoms with Crippen molar-refractivity contribution < 1.29 is 0 Å². The van der Waals surface area contributed by atoms with Gasteiger partial charge in [-0.25, -0.2) is 0 Å². The van der Waals surface area contributed by atoms with Gasteiger partial charge in [0.15, 0.2) is 5.82 Å². The zero-order valence-corrected chi connectivity index (χ0v) is 12.6. The zero-order valence-electron chi connectivity index (χ0n) is 11.9. The van der Waals surface area contributed by atoms with E-state index >= 15 is 0 Å². The summed E-state index contributed by atoms with van der Waals surface area (Å²) in [5.41, 5.74) is 1.15. The van der Waals surface area contributed by atoms with Gasteiger partial charge in [-0.05, 0) is 36.6 Å². The van der Waals surface area contributed by atoms with Gasteiger partial charge in [0.2, 0.25) is 0 Å². The normalized spacial score (nSPS) is 18.7. The molecule has 1 fully saturated rings. The van der Waals surface area contributed by atoms with Crippen molar-refractivity contribution in [1.29, 1.82) is 0 Å². The van der Waals surface area contributed by atoms with E-state index in [1.54, 1.807) is 6.20 Å². The summed E-state index contributed by atoms with van der Waals surface area (Å²) >= 11 is 6.20. The van der Waals surface area contributed by atoms with Crippen LogP contribution in [0.25, 0.3) is 0 Å². The number of hydrogen-bond acceptors (Lipinski definition) is 4. The smallest absolute Gasteiger partial charge is 0.151 e. The first-order chi connectivity index (χ1) is 10.3. The second-order valence-electron chi connectivity index (χ2n) is 5.34. The highest BCUT2D eigenvalue weighted by Gasteiger charge is 2.20. The summed E-state index contributed by atoms with van der Waals surface area (Å²) in [5, 5.41) is 12.6. The third kappa shape index (κ3) is 3.71. The molecule has 2 aromatic rings. The van der Waals surface area contributed by atoms with E-state index in [1.165, 1.54) is 6.42 Å². The van der Waals surface area contributed by atoms with Gasteiger partial charge in [0.05, 0.1) is 0 Å². The third-order valence-corrected chi connectivity index (χ3v) is 4.21. The summed E-state index contributed by atoms with van der Waals surface area (Å²) in [4.78, 5) is 2.29. The van der Waals surface area contributed by atoms with Crippen molar-refractivity contribution in [3.05, 3.63) is 53.2 Å². The van der Waals surface area contributed by atoms with Crippen LogP contribution >= 0.6 is 11.6 Å². The Bertz CT molecular complexity index is 575. The Morgan fingerprint density at radius 1 is 1.24 bits per heavy atom. The van der Waals surface area contributed by atoms with E-state index in [1.807, 2.05) is 30.3 Å². The van der Waals surface area contributed by atoms with Crippen LogP contribution in [0, 0.1) is 0 Å². The van der Waals surface area contributed by atoms with Crippen LogP contribution < -0.4 is 10.2 Å². The SMILES string of the molecule is Clc1ccccc1CN[C@@H]1CCCN(c2cccnn2)C1. The summed E-state index contributed by atoms with van der Waals surface area (Å²) in [5.74, 6) is 0.960. The van der Waals surface area contributed by atoms with E-state index in [2.05, 4.69) is 26.5 Å². The van der Waals surface area contributed by atoms with Gasteiger partial charge < -0.3 is 10.2 Å². The molecule has 110 valence electrons. The molecule has 0 spiro atoms. The molecule has 1 aliphatic heterocycles. The quantitative estimate of drug-likeness (QED) is 0.943. The van der Waals surface area contributed by atoms with Crippen LogP contribution in [-0.4, -0.2) is 29.3 Å². The standard InChI is InChI=1S/C16H19ClN4/c17-15-7-2-1-5-13(15)11-18-14-6-4-10-21(12-14)16-8-3-9-19-20-16/h1-3,5,7-9,14,18H,4,6,10-12H2/t14-/m1/s1. The highest BCUT2D eigenvalue weighted by Crippen LogP contribution is 2.18. The van der Waals surface area contributed by atoms with Crippen molar-refractivity contribution in [2.24, 2.45) is 0 Å². The van der Waals surface area contributed by atoms with Gasteiger partial charge in [0, 0.05) is 36.9 Å². The van der Waals surface area contributed by atoms with Crippen LogP contribution in [0.15, 0.2) is 42.6 Å². The zero-order chi connectivity index (χ0) is 14.5. The molecule has 21 heavy (non-hydrogen) atoms. The molecule has 4 nitrogen and oxygen atoms in total. The van der Waals surface area contributed by atoms with Crippen LogP contribution in [0.1, 0.15) is 18.4 Å². The van der Waals surface area contributed by atoms with E-state index in [-0.39, 0.29) is 0 Å². The molecule has 1 saturated heterocycles. The van der Waals surface area contributed by atoms with E-state index < -0.39 is 0 Å². The van der Waals surface area contributed by atoms with E-state index in [4.69, 9.17) is 11.6 Å². The molecule has 1 aromatic heterocycles. The molecule has 2 heterocycles. The van der Waals surface area contributed by atoms with Crippen molar-refractivity contribution in [2.45, 2.75) is 25.4 Å². The Balaban J connectivity index is 1.58. The minimum Gasteiger partial charge on any atom is -0.354 e. The molecule has 1 aliphatic rings. The van der Waals surface area contributed by atoms with Gasteiger partial charge >= 0.3 is 0 Å². The minimum absolute atomic E-state index is 0.456. The molecule has 5 heteroatoms. The molecule has 0 amide bonds. The lowest BCUT2D eigenvalue weighted by atomic mass is 10.1. The van der Waals surface area contributed by atoms with Crippen LogP contribution in [-0.2, 0) is 6.54 Å². The highest BCUT2D eigenvalue weighted by atomic mass is 35.5. The Morgan fingerprint density at radius 3 is 2.95 bits per heavy atom. The molecule has 1 aromatic carbocycles. The van der Waals surface area contributed by atoms with Crippen LogP contribution in [0.3, 0.4) is 0 Å². The van der Waals surface area contributed by atoms with E-state index in [0.29, 0.717) is 6.04 Å². The molecule has 0 saturated carbocycles. The minimum atomic E-state index is 0.456. The fraction of sp³-hybridized carbons (Fsp3) is 0.375. The number of aromatic nitrogens is 2. The van der Waals surface area contributed by atoms with Crippen molar-refractivity contribution >= 4 is 17.4 Å². The first kappa shape index (κ1) is 14.3. The molecule has 1 N–H and O–H groups in total. The molecule has 3 rings (SSSR count). The number of hydrogen-bond donors (Lipinski definition) is 1. The Kier molecular flexibility index (Phi) is 4.68. The number of rotatable bonds is 4. The van der Waals surface area contributed by atoms with Gasteiger partial charge in [-0.15, -0.1) is 5.10 Å². The summed E-state index contributed by atoms with van der Waals surface area (Å²) in [6.45, 7) is 2.81. The molecule has 1 atom stereocenters. The third-order valence-electron chi connectivity index (χ3n) is 3.84. The second kappa shape index (κ2) is 6.87. The lowest BCUT2D eigenvalue weighted by molar-refractivity contribution is 0.419. The first-order valence-corrected chi connectivity index (χ1v) is 7.70. The Hall–Kier alpha value is -1.65.